The first kappa shape index (κ1) is 19.8. The van der Waals surface area contributed by atoms with Crippen LogP contribution < -0.4 is 16.1 Å². The van der Waals surface area contributed by atoms with E-state index in [4.69, 9.17) is 0 Å². The van der Waals surface area contributed by atoms with Crippen molar-refractivity contribution in [1.82, 2.24) is 26.0 Å². The van der Waals surface area contributed by atoms with Gasteiger partial charge in [-0.2, -0.15) is 0 Å². The number of rotatable bonds is 4. The first-order valence-electron chi connectivity index (χ1n) is 11.8. The summed E-state index contributed by atoms with van der Waals surface area (Å²) in [4.78, 5) is 27.0. The molecule has 0 radical (unpaired) electrons. The van der Waals surface area contributed by atoms with Crippen molar-refractivity contribution in [2.24, 2.45) is 23.2 Å². The molecule has 7 heteroatoms. The van der Waals surface area contributed by atoms with Crippen LogP contribution in [0, 0.1) is 23.2 Å². The van der Waals surface area contributed by atoms with Gasteiger partial charge in [0.1, 0.15) is 6.29 Å². The van der Waals surface area contributed by atoms with Gasteiger partial charge in [0.05, 0.1) is 6.17 Å². The summed E-state index contributed by atoms with van der Waals surface area (Å²) in [6.45, 7) is 6.33. The Hall–Kier alpha value is -1.18. The Balaban J connectivity index is 1.13. The summed E-state index contributed by atoms with van der Waals surface area (Å²) >= 11 is 0. The van der Waals surface area contributed by atoms with Crippen LogP contribution in [0.2, 0.25) is 0 Å². The molecule has 2 amide bonds. The fraction of sp³-hybridized carbons (Fsp3) is 0.909. The molecule has 2 aliphatic carbocycles. The minimum absolute atomic E-state index is 0.138. The Kier molecular flexibility index (Phi) is 5.11. The lowest BCUT2D eigenvalue weighted by molar-refractivity contribution is -0.147. The summed E-state index contributed by atoms with van der Waals surface area (Å²) in [5.74, 6) is 1.68. The molecule has 2 saturated carbocycles. The Morgan fingerprint density at radius 3 is 2.28 bits per heavy atom. The molecule has 0 spiro atoms. The van der Waals surface area contributed by atoms with Crippen LogP contribution in [0.25, 0.3) is 0 Å². The molecule has 3 atom stereocenters. The van der Waals surface area contributed by atoms with Crippen LogP contribution in [-0.4, -0.2) is 53.3 Å². The van der Waals surface area contributed by atoms with Gasteiger partial charge in [-0.3, -0.25) is 14.9 Å². The first-order valence-corrected chi connectivity index (χ1v) is 11.8. The number of likely N-dealkylation sites (tertiary alicyclic amines) is 1. The van der Waals surface area contributed by atoms with Crippen LogP contribution in [-0.2, 0) is 9.59 Å². The van der Waals surface area contributed by atoms with Gasteiger partial charge in [0.15, 0.2) is 0 Å². The van der Waals surface area contributed by atoms with Gasteiger partial charge in [-0.15, -0.1) is 0 Å². The molecule has 0 aromatic heterocycles. The molecule has 3 aliphatic heterocycles. The van der Waals surface area contributed by atoms with Crippen molar-refractivity contribution < 1.29 is 9.59 Å². The van der Waals surface area contributed by atoms with E-state index in [9.17, 15) is 9.59 Å². The molecule has 3 unspecified atom stereocenters. The van der Waals surface area contributed by atoms with Gasteiger partial charge in [-0.1, -0.05) is 13.8 Å². The van der Waals surface area contributed by atoms with E-state index in [0.717, 1.165) is 58.0 Å². The number of nitrogens with zero attached hydrogens (tertiary/aromatic N) is 2. The van der Waals surface area contributed by atoms with Gasteiger partial charge in [-0.05, 0) is 69.1 Å². The minimum atomic E-state index is -0.138. The molecule has 3 heterocycles. The predicted octanol–water partition coefficient (Wildman–Crippen LogP) is 1.76. The molecular weight excluding hydrogens is 366 g/mol. The SMILES string of the molecule is CC1(C)CN(C(=O)C2CCC(C3CCCC4NC(NC(=O)C5CC5)NN43)CC2)C1. The van der Waals surface area contributed by atoms with Gasteiger partial charge in [0, 0.05) is 31.0 Å². The van der Waals surface area contributed by atoms with Crippen molar-refractivity contribution >= 4 is 11.8 Å². The van der Waals surface area contributed by atoms with Crippen LogP contribution in [0.1, 0.15) is 71.6 Å². The van der Waals surface area contributed by atoms with Gasteiger partial charge >= 0.3 is 0 Å². The summed E-state index contributed by atoms with van der Waals surface area (Å²) in [5, 5.41) is 9.08. The number of fused-ring (bicyclic) bond motifs is 1. The van der Waals surface area contributed by atoms with Gasteiger partial charge in [0.2, 0.25) is 11.8 Å². The minimum Gasteiger partial charge on any atom is -0.341 e. The monoisotopic (exact) mass is 403 g/mol. The smallest absolute Gasteiger partial charge is 0.225 e. The molecule has 7 nitrogen and oxygen atoms in total. The van der Waals surface area contributed by atoms with E-state index in [1.807, 2.05) is 0 Å². The van der Waals surface area contributed by atoms with Crippen molar-refractivity contribution in [2.45, 2.75) is 90.1 Å². The Morgan fingerprint density at radius 2 is 1.62 bits per heavy atom. The summed E-state index contributed by atoms with van der Waals surface area (Å²) < 4.78 is 0. The number of hydrazine groups is 1. The normalized spacial score (nSPS) is 39.5. The average molecular weight is 404 g/mol. The summed E-state index contributed by atoms with van der Waals surface area (Å²) in [7, 11) is 0. The fourth-order valence-corrected chi connectivity index (χ4v) is 6.05. The summed E-state index contributed by atoms with van der Waals surface area (Å²) in [6.07, 6.45) is 10.1. The highest BCUT2D eigenvalue weighted by Gasteiger charge is 2.45. The van der Waals surface area contributed by atoms with Crippen molar-refractivity contribution in [1.29, 1.82) is 0 Å². The van der Waals surface area contributed by atoms with Crippen molar-refractivity contribution in [3.8, 4) is 0 Å². The van der Waals surface area contributed by atoms with E-state index in [-0.39, 0.29) is 24.0 Å². The first-order chi connectivity index (χ1) is 13.9. The van der Waals surface area contributed by atoms with Gasteiger partial charge in [0.25, 0.3) is 0 Å². The third kappa shape index (κ3) is 4.06. The molecule has 0 aromatic rings. The number of nitrogens with one attached hydrogen (secondary N) is 3. The van der Waals surface area contributed by atoms with Crippen molar-refractivity contribution in [3.63, 3.8) is 0 Å². The van der Waals surface area contributed by atoms with Crippen LogP contribution in [0.15, 0.2) is 0 Å². The third-order valence-corrected chi connectivity index (χ3v) is 7.76. The number of hydrogen-bond acceptors (Lipinski definition) is 5. The number of carbonyl (C=O) groups excluding carboxylic acids is 2. The van der Waals surface area contributed by atoms with Gasteiger partial charge in [-0.25, -0.2) is 10.4 Å². The Morgan fingerprint density at radius 1 is 0.931 bits per heavy atom. The lowest BCUT2D eigenvalue weighted by atomic mass is 9.74. The maximum Gasteiger partial charge on any atom is 0.225 e. The zero-order valence-electron chi connectivity index (χ0n) is 18.0. The number of hydrogen-bond donors (Lipinski definition) is 3. The van der Waals surface area contributed by atoms with Crippen molar-refractivity contribution in [3.05, 3.63) is 0 Å². The average Bonchev–Trinajstić information content (AvgIpc) is 3.45. The lowest BCUT2D eigenvalue weighted by Gasteiger charge is -2.48. The van der Waals surface area contributed by atoms with Crippen LogP contribution in [0.3, 0.4) is 0 Å². The quantitative estimate of drug-likeness (QED) is 0.667. The largest absolute Gasteiger partial charge is 0.341 e. The zero-order chi connectivity index (χ0) is 20.2. The van der Waals surface area contributed by atoms with E-state index in [0.29, 0.717) is 29.4 Å². The van der Waals surface area contributed by atoms with Crippen molar-refractivity contribution in [2.75, 3.05) is 13.1 Å². The molecule has 162 valence electrons. The standard InChI is InChI=1S/C22H37N5O2/c1-22(2)12-26(13-22)20(29)16-10-6-14(7-11-16)17-4-3-5-18-23-21(25-27(17)18)24-19(28)15-8-9-15/h14-18,21,23,25H,3-13H2,1-2H3,(H,24,28). The predicted molar refractivity (Wildman–Crippen MR) is 110 cm³/mol. The Bertz CT molecular complexity index is 648. The van der Waals surface area contributed by atoms with E-state index < -0.39 is 0 Å². The maximum absolute atomic E-state index is 12.8. The highest BCUT2D eigenvalue weighted by atomic mass is 16.2. The second kappa shape index (κ2) is 7.50. The molecule has 5 aliphatic rings. The molecular formula is C22H37N5O2. The number of piperidine rings is 1. The van der Waals surface area contributed by atoms with E-state index >= 15 is 0 Å². The number of carbonyl (C=O) groups is 2. The second-order valence-electron chi connectivity index (χ2n) is 10.9. The second-order valence-corrected chi connectivity index (χ2v) is 10.9. The molecule has 3 saturated heterocycles. The number of amides is 2. The molecule has 3 N–H and O–H groups in total. The highest BCUT2D eigenvalue weighted by Crippen LogP contribution is 2.39. The highest BCUT2D eigenvalue weighted by molar-refractivity contribution is 5.81. The van der Waals surface area contributed by atoms with Gasteiger partial charge < -0.3 is 10.2 Å². The fourth-order valence-electron chi connectivity index (χ4n) is 6.05. The summed E-state index contributed by atoms with van der Waals surface area (Å²) in [6, 6.07) is 0.503. The third-order valence-electron chi connectivity index (χ3n) is 7.76. The molecule has 5 rings (SSSR count). The topological polar surface area (TPSA) is 76.7 Å². The zero-order valence-corrected chi connectivity index (χ0v) is 18.0. The van der Waals surface area contributed by atoms with E-state index in [1.54, 1.807) is 0 Å². The maximum atomic E-state index is 12.8. The van der Waals surface area contributed by atoms with Crippen LogP contribution in [0.4, 0.5) is 0 Å². The summed E-state index contributed by atoms with van der Waals surface area (Å²) in [5.41, 5.74) is 3.86. The van der Waals surface area contributed by atoms with E-state index in [2.05, 4.69) is 39.8 Å². The molecule has 29 heavy (non-hydrogen) atoms. The molecule has 0 aromatic carbocycles. The molecule has 5 fully saturated rings. The Labute approximate surface area is 174 Å². The lowest BCUT2D eigenvalue weighted by Crippen LogP contribution is -2.57. The molecule has 0 bridgehead atoms. The van der Waals surface area contributed by atoms with Crippen LogP contribution >= 0.6 is 0 Å². The van der Waals surface area contributed by atoms with E-state index in [1.165, 1.54) is 12.8 Å². The van der Waals surface area contributed by atoms with Crippen LogP contribution in [0.5, 0.6) is 0 Å².